The van der Waals surface area contributed by atoms with Gasteiger partial charge < -0.3 is 24.1 Å². The van der Waals surface area contributed by atoms with E-state index in [0.717, 1.165) is 16.6 Å². The van der Waals surface area contributed by atoms with E-state index in [0.29, 0.717) is 49.5 Å². The van der Waals surface area contributed by atoms with Crippen molar-refractivity contribution >= 4 is 22.6 Å². The second-order valence-electron chi connectivity index (χ2n) is 7.74. The second kappa shape index (κ2) is 8.71. The summed E-state index contributed by atoms with van der Waals surface area (Å²) in [5.74, 6) is 0.894. The van der Waals surface area contributed by atoms with Gasteiger partial charge in [-0.15, -0.1) is 0 Å². The molecule has 4 rings (SSSR count). The zero-order chi connectivity index (χ0) is 22.0. The van der Waals surface area contributed by atoms with Crippen molar-refractivity contribution in [2.45, 2.75) is 19.8 Å². The first kappa shape index (κ1) is 20.8. The number of anilines is 1. The Hall–Kier alpha value is -3.48. The summed E-state index contributed by atoms with van der Waals surface area (Å²) < 4.78 is 10.7. The molecule has 0 atom stereocenters. The molecule has 2 heterocycles. The van der Waals surface area contributed by atoms with E-state index in [1.54, 1.807) is 25.3 Å². The molecule has 1 N–H and O–H groups in total. The van der Waals surface area contributed by atoms with Gasteiger partial charge in [0.2, 0.25) is 5.91 Å². The average molecular weight is 422 g/mol. The van der Waals surface area contributed by atoms with Crippen LogP contribution >= 0.6 is 0 Å². The van der Waals surface area contributed by atoms with Gasteiger partial charge in [-0.25, -0.2) is 4.79 Å². The summed E-state index contributed by atoms with van der Waals surface area (Å²) >= 11 is 0. The van der Waals surface area contributed by atoms with Gasteiger partial charge in [0, 0.05) is 61.4 Å². The van der Waals surface area contributed by atoms with E-state index in [1.807, 2.05) is 36.1 Å². The van der Waals surface area contributed by atoms with E-state index >= 15 is 0 Å². The summed E-state index contributed by atoms with van der Waals surface area (Å²) in [6.45, 7) is 4.51. The molecule has 0 radical (unpaired) electrons. The number of rotatable bonds is 5. The molecule has 7 nitrogen and oxygen atoms in total. The molecule has 1 saturated heterocycles. The Balaban J connectivity index is 1.40. The third kappa shape index (κ3) is 4.35. The summed E-state index contributed by atoms with van der Waals surface area (Å²) in [5.41, 5.74) is 2.42. The number of methoxy groups -OCH3 is 1. The second-order valence-corrected chi connectivity index (χ2v) is 7.74. The van der Waals surface area contributed by atoms with Crippen LogP contribution in [0.15, 0.2) is 51.7 Å². The molecule has 1 aliphatic heterocycles. The number of aryl methyl sites for hydroxylation is 1. The summed E-state index contributed by atoms with van der Waals surface area (Å²) in [7, 11) is 1.57. The van der Waals surface area contributed by atoms with Crippen molar-refractivity contribution in [3.05, 3.63) is 64.0 Å². The lowest BCUT2D eigenvalue weighted by Crippen LogP contribution is -2.48. The SMILES string of the molecule is COc1ccc2c(C)c(CCC(=O)N3CCN(c4cccc(O)c4)CC3)c(=O)oc2c1. The Morgan fingerprint density at radius 1 is 1.13 bits per heavy atom. The van der Waals surface area contributed by atoms with E-state index in [1.165, 1.54) is 0 Å². The van der Waals surface area contributed by atoms with Crippen molar-refractivity contribution in [1.82, 2.24) is 4.90 Å². The standard InChI is InChI=1S/C24H26N2O5/c1-16-20-7-6-19(30-2)15-22(20)31-24(29)21(16)8-9-23(28)26-12-10-25(11-13-26)17-4-3-5-18(27)14-17/h3-7,14-15,27H,8-13H2,1-2H3. The zero-order valence-electron chi connectivity index (χ0n) is 17.8. The van der Waals surface area contributed by atoms with Gasteiger partial charge in [0.15, 0.2) is 0 Å². The van der Waals surface area contributed by atoms with E-state index in [2.05, 4.69) is 4.90 Å². The van der Waals surface area contributed by atoms with E-state index in [9.17, 15) is 14.7 Å². The summed E-state index contributed by atoms with van der Waals surface area (Å²) in [6, 6.07) is 12.5. The summed E-state index contributed by atoms with van der Waals surface area (Å²) in [4.78, 5) is 29.3. The largest absolute Gasteiger partial charge is 0.508 e. The van der Waals surface area contributed by atoms with Crippen LogP contribution in [0, 0.1) is 6.92 Å². The molecule has 7 heteroatoms. The molecule has 1 aromatic heterocycles. The Kier molecular flexibility index (Phi) is 5.84. The predicted molar refractivity (Wildman–Crippen MR) is 119 cm³/mol. The van der Waals surface area contributed by atoms with Gasteiger partial charge in [-0.2, -0.15) is 0 Å². The van der Waals surface area contributed by atoms with Gasteiger partial charge >= 0.3 is 5.63 Å². The van der Waals surface area contributed by atoms with Crippen LogP contribution in [0.2, 0.25) is 0 Å². The van der Waals surface area contributed by atoms with Gasteiger partial charge in [-0.1, -0.05) is 6.07 Å². The molecular formula is C24H26N2O5. The highest BCUT2D eigenvalue weighted by Gasteiger charge is 2.22. The first-order chi connectivity index (χ1) is 15.0. The molecule has 3 aromatic rings. The molecular weight excluding hydrogens is 396 g/mol. The Morgan fingerprint density at radius 2 is 1.90 bits per heavy atom. The molecule has 1 fully saturated rings. The molecule has 0 spiro atoms. The quantitative estimate of drug-likeness (QED) is 0.636. The first-order valence-corrected chi connectivity index (χ1v) is 10.4. The van der Waals surface area contributed by atoms with Gasteiger partial charge in [0.1, 0.15) is 17.1 Å². The van der Waals surface area contributed by atoms with Crippen molar-refractivity contribution in [2.24, 2.45) is 0 Å². The molecule has 0 bridgehead atoms. The summed E-state index contributed by atoms with van der Waals surface area (Å²) in [5, 5.41) is 10.5. The number of carbonyl (C=O) groups is 1. The molecule has 0 saturated carbocycles. The molecule has 0 aliphatic carbocycles. The summed E-state index contributed by atoms with van der Waals surface area (Å²) in [6.07, 6.45) is 0.612. The fraction of sp³-hybridized carbons (Fsp3) is 0.333. The molecule has 1 amide bonds. The topological polar surface area (TPSA) is 83.2 Å². The number of hydrogen-bond acceptors (Lipinski definition) is 6. The van der Waals surface area contributed by atoms with Crippen LogP contribution in [0.5, 0.6) is 11.5 Å². The average Bonchev–Trinajstić information content (AvgIpc) is 2.78. The monoisotopic (exact) mass is 422 g/mol. The normalized spacial score (nSPS) is 14.1. The number of amides is 1. The van der Waals surface area contributed by atoms with Crippen LogP contribution in [0.3, 0.4) is 0 Å². The van der Waals surface area contributed by atoms with E-state index in [-0.39, 0.29) is 18.1 Å². The number of aromatic hydroxyl groups is 1. The van der Waals surface area contributed by atoms with Gasteiger partial charge in [-0.3, -0.25) is 4.79 Å². The molecule has 0 unspecified atom stereocenters. The van der Waals surface area contributed by atoms with Crippen molar-refractivity contribution in [1.29, 1.82) is 0 Å². The van der Waals surface area contributed by atoms with Crippen molar-refractivity contribution in [3.8, 4) is 11.5 Å². The maximum absolute atomic E-state index is 12.8. The minimum Gasteiger partial charge on any atom is -0.508 e. The Morgan fingerprint density at radius 3 is 2.61 bits per heavy atom. The number of ether oxygens (including phenoxy) is 1. The van der Waals surface area contributed by atoms with Crippen LogP contribution in [-0.4, -0.2) is 49.2 Å². The maximum atomic E-state index is 12.8. The van der Waals surface area contributed by atoms with Crippen molar-refractivity contribution < 1.29 is 19.1 Å². The third-order valence-corrected chi connectivity index (χ3v) is 5.91. The highest BCUT2D eigenvalue weighted by atomic mass is 16.5. The van der Waals surface area contributed by atoms with Crippen LogP contribution in [0.1, 0.15) is 17.5 Å². The minimum absolute atomic E-state index is 0.0317. The van der Waals surface area contributed by atoms with Crippen LogP contribution in [0.4, 0.5) is 5.69 Å². The van der Waals surface area contributed by atoms with Gasteiger partial charge in [-0.05, 0) is 43.2 Å². The number of phenols is 1. The van der Waals surface area contributed by atoms with Gasteiger partial charge in [0.25, 0.3) is 0 Å². The van der Waals surface area contributed by atoms with Crippen molar-refractivity contribution in [3.63, 3.8) is 0 Å². The molecule has 2 aromatic carbocycles. The Labute approximate surface area is 180 Å². The number of phenolic OH excluding ortho intramolecular Hbond substituents is 1. The smallest absolute Gasteiger partial charge is 0.339 e. The molecule has 1 aliphatic rings. The number of nitrogens with zero attached hydrogens (tertiary/aromatic N) is 2. The molecule has 31 heavy (non-hydrogen) atoms. The van der Waals surface area contributed by atoms with Gasteiger partial charge in [0.05, 0.1) is 7.11 Å². The lowest BCUT2D eigenvalue weighted by molar-refractivity contribution is -0.131. The molecule has 162 valence electrons. The number of hydrogen-bond donors (Lipinski definition) is 1. The van der Waals surface area contributed by atoms with Crippen LogP contribution < -0.4 is 15.3 Å². The lowest BCUT2D eigenvalue weighted by atomic mass is 10.0. The van der Waals surface area contributed by atoms with Crippen molar-refractivity contribution in [2.75, 3.05) is 38.2 Å². The zero-order valence-corrected chi connectivity index (χ0v) is 17.8. The number of carbonyl (C=O) groups excluding carboxylic acids is 1. The highest BCUT2D eigenvalue weighted by Crippen LogP contribution is 2.25. The Bertz CT molecular complexity index is 1160. The number of benzene rings is 2. The minimum atomic E-state index is -0.403. The first-order valence-electron chi connectivity index (χ1n) is 10.4. The maximum Gasteiger partial charge on any atom is 0.339 e. The highest BCUT2D eigenvalue weighted by molar-refractivity contribution is 5.83. The van der Waals surface area contributed by atoms with Crippen LogP contribution in [0.25, 0.3) is 11.0 Å². The predicted octanol–water partition coefficient (Wildman–Crippen LogP) is 3.10. The fourth-order valence-electron chi connectivity index (χ4n) is 4.08. The number of fused-ring (bicyclic) bond motifs is 1. The lowest BCUT2D eigenvalue weighted by Gasteiger charge is -2.36. The van der Waals surface area contributed by atoms with E-state index in [4.69, 9.17) is 9.15 Å². The fourth-order valence-corrected chi connectivity index (χ4v) is 4.08. The van der Waals surface area contributed by atoms with Crippen LogP contribution in [-0.2, 0) is 11.2 Å². The number of piperazine rings is 1. The third-order valence-electron chi connectivity index (χ3n) is 5.91. The van der Waals surface area contributed by atoms with E-state index < -0.39 is 5.63 Å².